The lowest BCUT2D eigenvalue weighted by Crippen LogP contribution is -2.42. The molecule has 0 saturated carbocycles. The van der Waals surface area contributed by atoms with Gasteiger partial charge >= 0.3 is 0 Å². The number of nitrogens with one attached hydrogen (secondary N) is 1. The number of amides is 1. The van der Waals surface area contributed by atoms with Gasteiger partial charge in [0.1, 0.15) is 6.61 Å². The first-order valence-electron chi connectivity index (χ1n) is 6.98. The average Bonchev–Trinajstić information content (AvgIpc) is 2.61. The number of hydrazone groups is 1. The average molecular weight is 307 g/mol. The highest BCUT2D eigenvalue weighted by atomic mass is 16.6. The van der Waals surface area contributed by atoms with Gasteiger partial charge in [0.15, 0.2) is 11.5 Å². The van der Waals surface area contributed by atoms with Gasteiger partial charge in [-0.3, -0.25) is 4.79 Å². The number of rotatable bonds is 3. The number of ether oxygens (including phenoxy) is 2. The molecule has 6 nitrogen and oxygen atoms in total. The third kappa shape index (κ3) is 3.47. The minimum Gasteiger partial charge on any atom is -0.485 e. The smallest absolute Gasteiger partial charge is 0.284 e. The van der Waals surface area contributed by atoms with Crippen LogP contribution in [0.25, 0.3) is 0 Å². The fraction of sp³-hybridized carbons (Fsp3) is 0.118. The van der Waals surface area contributed by atoms with Crippen molar-refractivity contribution in [1.82, 2.24) is 5.43 Å². The van der Waals surface area contributed by atoms with Crippen molar-refractivity contribution >= 4 is 12.1 Å². The van der Waals surface area contributed by atoms with Crippen LogP contribution >= 0.6 is 0 Å². The molecule has 0 radical (unpaired) electrons. The Labute approximate surface area is 133 Å². The van der Waals surface area contributed by atoms with Gasteiger partial charge in [0.2, 0.25) is 6.10 Å². The largest absolute Gasteiger partial charge is 0.485 e. The van der Waals surface area contributed by atoms with Crippen LogP contribution in [0.5, 0.6) is 11.5 Å². The van der Waals surface area contributed by atoms with Crippen molar-refractivity contribution in [2.75, 3.05) is 6.61 Å². The Bertz CT molecular complexity index is 778. The number of benzene rings is 2. The SMILES string of the molecule is N#Cc1ccc(C=NNC(=O)C2COc3ccccc3O2)cc1. The summed E-state index contributed by atoms with van der Waals surface area (Å²) in [6, 6.07) is 16.1. The minimum absolute atomic E-state index is 0.134. The summed E-state index contributed by atoms with van der Waals surface area (Å²) in [4.78, 5) is 12.0. The van der Waals surface area contributed by atoms with Gasteiger partial charge in [-0.1, -0.05) is 24.3 Å². The topological polar surface area (TPSA) is 83.7 Å². The van der Waals surface area contributed by atoms with Crippen molar-refractivity contribution in [3.63, 3.8) is 0 Å². The van der Waals surface area contributed by atoms with Gasteiger partial charge in [-0.15, -0.1) is 0 Å². The summed E-state index contributed by atoms with van der Waals surface area (Å²) in [7, 11) is 0. The highest BCUT2D eigenvalue weighted by Gasteiger charge is 2.26. The molecule has 1 N–H and O–H groups in total. The number of para-hydroxylation sites is 2. The van der Waals surface area contributed by atoms with Gasteiger partial charge in [-0.2, -0.15) is 10.4 Å². The first-order valence-corrected chi connectivity index (χ1v) is 6.98. The summed E-state index contributed by atoms with van der Waals surface area (Å²) in [5, 5.41) is 12.6. The maximum atomic E-state index is 12.0. The van der Waals surface area contributed by atoms with Crippen LogP contribution in [0.4, 0.5) is 0 Å². The van der Waals surface area contributed by atoms with E-state index in [-0.39, 0.29) is 12.5 Å². The van der Waals surface area contributed by atoms with Crippen LogP contribution in [0.15, 0.2) is 53.6 Å². The van der Waals surface area contributed by atoms with Crippen molar-refractivity contribution in [2.24, 2.45) is 5.10 Å². The molecular weight excluding hydrogens is 294 g/mol. The quantitative estimate of drug-likeness (QED) is 0.693. The van der Waals surface area contributed by atoms with Crippen molar-refractivity contribution in [2.45, 2.75) is 6.10 Å². The first-order chi connectivity index (χ1) is 11.3. The summed E-state index contributed by atoms with van der Waals surface area (Å²) in [6.07, 6.45) is 0.750. The van der Waals surface area contributed by atoms with E-state index in [2.05, 4.69) is 10.5 Å². The first kappa shape index (κ1) is 14.6. The number of hydrogen-bond donors (Lipinski definition) is 1. The normalized spacial score (nSPS) is 15.9. The Hall–Kier alpha value is -3.33. The molecule has 1 atom stereocenters. The van der Waals surface area contributed by atoms with Gasteiger partial charge in [0.05, 0.1) is 17.8 Å². The number of nitrogens with zero attached hydrogens (tertiary/aromatic N) is 2. The molecule has 1 aliphatic rings. The fourth-order valence-electron chi connectivity index (χ4n) is 2.03. The fourth-order valence-corrected chi connectivity index (χ4v) is 2.03. The van der Waals surface area contributed by atoms with E-state index in [1.807, 2.05) is 18.2 Å². The molecule has 6 heteroatoms. The van der Waals surface area contributed by atoms with E-state index in [0.29, 0.717) is 17.1 Å². The standard InChI is InChI=1S/C17H13N3O3/c18-9-12-5-7-13(8-6-12)10-19-20-17(21)16-11-22-14-3-1-2-4-15(14)23-16/h1-8,10,16H,11H2,(H,20,21). The van der Waals surface area contributed by atoms with E-state index in [4.69, 9.17) is 14.7 Å². The number of carbonyl (C=O) groups is 1. The van der Waals surface area contributed by atoms with Crippen molar-refractivity contribution in [3.8, 4) is 17.6 Å². The molecule has 3 rings (SSSR count). The van der Waals surface area contributed by atoms with Crippen LogP contribution in [-0.2, 0) is 4.79 Å². The summed E-state index contributed by atoms with van der Waals surface area (Å²) >= 11 is 0. The molecule has 2 aromatic rings. The number of nitriles is 1. The molecule has 114 valence electrons. The molecule has 1 unspecified atom stereocenters. The summed E-state index contributed by atoms with van der Waals surface area (Å²) in [6.45, 7) is 0.134. The van der Waals surface area contributed by atoms with Crippen molar-refractivity contribution in [3.05, 3.63) is 59.7 Å². The molecule has 0 spiro atoms. The second-order valence-corrected chi connectivity index (χ2v) is 4.83. The Morgan fingerprint density at radius 3 is 2.70 bits per heavy atom. The van der Waals surface area contributed by atoms with Gasteiger partial charge in [-0.25, -0.2) is 5.43 Å². The summed E-state index contributed by atoms with van der Waals surface area (Å²) in [5.41, 5.74) is 3.76. The third-order valence-corrected chi connectivity index (χ3v) is 3.23. The summed E-state index contributed by atoms with van der Waals surface area (Å²) < 4.78 is 11.1. The summed E-state index contributed by atoms with van der Waals surface area (Å²) in [5.74, 6) is 0.775. The minimum atomic E-state index is -0.747. The van der Waals surface area contributed by atoms with Crippen LogP contribution in [0, 0.1) is 11.3 Å². The van der Waals surface area contributed by atoms with Gasteiger partial charge in [0, 0.05) is 0 Å². The lowest BCUT2D eigenvalue weighted by atomic mass is 10.2. The number of carbonyl (C=O) groups excluding carboxylic acids is 1. The Morgan fingerprint density at radius 2 is 1.96 bits per heavy atom. The zero-order chi connectivity index (χ0) is 16.1. The number of hydrogen-bond acceptors (Lipinski definition) is 5. The molecule has 23 heavy (non-hydrogen) atoms. The molecule has 0 aromatic heterocycles. The van der Waals surface area contributed by atoms with E-state index >= 15 is 0 Å². The molecule has 0 saturated heterocycles. The van der Waals surface area contributed by atoms with E-state index < -0.39 is 6.10 Å². The Kier molecular flexibility index (Phi) is 4.20. The molecule has 2 aromatic carbocycles. The van der Waals surface area contributed by atoms with E-state index in [9.17, 15) is 4.79 Å². The molecule has 0 bridgehead atoms. The highest BCUT2D eigenvalue weighted by molar-refractivity contribution is 5.85. The zero-order valence-corrected chi connectivity index (χ0v) is 12.1. The van der Waals surface area contributed by atoms with Crippen LogP contribution in [0.1, 0.15) is 11.1 Å². The molecule has 1 aliphatic heterocycles. The lowest BCUT2D eigenvalue weighted by molar-refractivity contribution is -0.130. The van der Waals surface area contributed by atoms with Crippen molar-refractivity contribution < 1.29 is 14.3 Å². The van der Waals surface area contributed by atoms with Crippen LogP contribution in [0.2, 0.25) is 0 Å². The zero-order valence-electron chi connectivity index (χ0n) is 12.1. The Balaban J connectivity index is 1.57. The monoisotopic (exact) mass is 307 g/mol. The second-order valence-electron chi connectivity index (χ2n) is 4.83. The Morgan fingerprint density at radius 1 is 1.22 bits per heavy atom. The number of fused-ring (bicyclic) bond motifs is 1. The van der Waals surface area contributed by atoms with Crippen LogP contribution in [-0.4, -0.2) is 24.8 Å². The third-order valence-electron chi connectivity index (χ3n) is 3.23. The van der Waals surface area contributed by atoms with Gasteiger partial charge in [0.25, 0.3) is 5.91 Å². The van der Waals surface area contributed by atoms with Gasteiger partial charge in [-0.05, 0) is 29.8 Å². The predicted octanol–water partition coefficient (Wildman–Crippen LogP) is 1.85. The molecule has 1 amide bonds. The van der Waals surface area contributed by atoms with Crippen molar-refractivity contribution in [1.29, 1.82) is 5.26 Å². The lowest BCUT2D eigenvalue weighted by Gasteiger charge is -2.24. The molecule has 1 heterocycles. The predicted molar refractivity (Wildman–Crippen MR) is 83.2 cm³/mol. The van der Waals surface area contributed by atoms with E-state index in [1.54, 1.807) is 36.4 Å². The van der Waals surface area contributed by atoms with Crippen LogP contribution in [0.3, 0.4) is 0 Å². The van der Waals surface area contributed by atoms with Gasteiger partial charge < -0.3 is 9.47 Å². The van der Waals surface area contributed by atoms with E-state index in [1.165, 1.54) is 6.21 Å². The molecule has 0 aliphatic carbocycles. The maximum Gasteiger partial charge on any atom is 0.284 e. The second kappa shape index (κ2) is 6.62. The van der Waals surface area contributed by atoms with E-state index in [0.717, 1.165) is 5.56 Å². The molecular formula is C17H13N3O3. The van der Waals surface area contributed by atoms with Crippen LogP contribution < -0.4 is 14.9 Å². The molecule has 0 fully saturated rings. The maximum absolute atomic E-state index is 12.0. The highest BCUT2D eigenvalue weighted by Crippen LogP contribution is 2.30.